The average molecular weight is 247 g/mol. The minimum atomic E-state index is 0.0869. The minimum absolute atomic E-state index is 0.0869. The van der Waals surface area contributed by atoms with E-state index in [1.807, 2.05) is 28.8 Å². The third kappa shape index (κ3) is 1.23. The Bertz CT molecular complexity index is 855. The van der Waals surface area contributed by atoms with Crippen molar-refractivity contribution in [3.05, 3.63) is 59.2 Å². The minimum Gasteiger partial charge on any atom is -0.276 e. The highest BCUT2D eigenvalue weighted by Gasteiger charge is 2.27. The molecule has 2 aromatic carbocycles. The van der Waals surface area contributed by atoms with Crippen molar-refractivity contribution in [2.75, 3.05) is 0 Å². The number of aromatic nitrogens is 1. The van der Waals surface area contributed by atoms with E-state index in [4.69, 9.17) is 0 Å². The van der Waals surface area contributed by atoms with Crippen molar-refractivity contribution in [2.45, 2.75) is 13.8 Å². The molecule has 1 aliphatic rings. The number of fused-ring (bicyclic) bond motifs is 5. The summed E-state index contributed by atoms with van der Waals surface area (Å²) in [5.41, 5.74) is 6.35. The van der Waals surface area contributed by atoms with E-state index in [2.05, 4.69) is 32.0 Å². The standard InChI is InChI=1S/C17H13NO/c1-10-7-12-9-16-13-5-3-4-6-14(13)17(19)18(16)15(12)8-11(10)2/h3-9H,1-2H3. The monoisotopic (exact) mass is 247 g/mol. The van der Waals surface area contributed by atoms with Crippen LogP contribution in [0, 0.1) is 13.8 Å². The number of aryl methyl sites for hydroxylation is 2. The lowest BCUT2D eigenvalue weighted by atomic mass is 10.0. The highest BCUT2D eigenvalue weighted by Crippen LogP contribution is 2.37. The van der Waals surface area contributed by atoms with Crippen molar-refractivity contribution < 1.29 is 4.79 Å². The summed E-state index contributed by atoms with van der Waals surface area (Å²) in [5.74, 6) is 0.0869. The molecule has 0 N–H and O–H groups in total. The number of nitrogens with zero attached hydrogens (tertiary/aromatic N) is 1. The van der Waals surface area contributed by atoms with Gasteiger partial charge in [-0.1, -0.05) is 18.2 Å². The number of carbonyl (C=O) groups is 1. The maximum Gasteiger partial charge on any atom is 0.263 e. The summed E-state index contributed by atoms with van der Waals surface area (Å²) in [4.78, 5) is 12.5. The van der Waals surface area contributed by atoms with Gasteiger partial charge in [0.2, 0.25) is 0 Å². The quantitative estimate of drug-likeness (QED) is 0.461. The summed E-state index contributed by atoms with van der Waals surface area (Å²) in [6.45, 7) is 4.19. The molecular formula is C17H13NO. The van der Waals surface area contributed by atoms with E-state index in [9.17, 15) is 4.79 Å². The third-order valence-electron chi connectivity index (χ3n) is 4.05. The Morgan fingerprint density at radius 1 is 0.895 bits per heavy atom. The summed E-state index contributed by atoms with van der Waals surface area (Å²) in [7, 11) is 0. The third-order valence-corrected chi connectivity index (χ3v) is 4.05. The van der Waals surface area contributed by atoms with Crippen LogP contribution in [0.2, 0.25) is 0 Å². The van der Waals surface area contributed by atoms with Crippen molar-refractivity contribution in [1.82, 2.24) is 4.57 Å². The Kier molecular flexibility index (Phi) is 1.86. The van der Waals surface area contributed by atoms with Crippen LogP contribution in [0.15, 0.2) is 42.5 Å². The molecule has 0 aliphatic carbocycles. The van der Waals surface area contributed by atoms with Gasteiger partial charge in [0, 0.05) is 16.5 Å². The average Bonchev–Trinajstić information content (AvgIpc) is 2.89. The molecule has 0 radical (unpaired) electrons. The molecule has 2 heteroatoms. The lowest BCUT2D eigenvalue weighted by Crippen LogP contribution is -2.05. The number of hydrogen-bond donors (Lipinski definition) is 0. The van der Waals surface area contributed by atoms with Crippen LogP contribution in [0.1, 0.15) is 21.5 Å². The first-order chi connectivity index (χ1) is 9.16. The van der Waals surface area contributed by atoms with Gasteiger partial charge in [-0.25, -0.2) is 0 Å². The zero-order valence-electron chi connectivity index (χ0n) is 10.9. The van der Waals surface area contributed by atoms with E-state index in [1.54, 1.807) is 0 Å². The Balaban J connectivity index is 2.15. The maximum absolute atomic E-state index is 12.5. The normalized spacial score (nSPS) is 12.8. The molecule has 0 atom stereocenters. The van der Waals surface area contributed by atoms with E-state index in [-0.39, 0.29) is 5.91 Å². The Labute approximate surface area is 111 Å². The van der Waals surface area contributed by atoms with Crippen molar-refractivity contribution >= 4 is 16.8 Å². The molecule has 19 heavy (non-hydrogen) atoms. The van der Waals surface area contributed by atoms with E-state index >= 15 is 0 Å². The topological polar surface area (TPSA) is 22.0 Å². The van der Waals surface area contributed by atoms with Gasteiger partial charge < -0.3 is 0 Å². The maximum atomic E-state index is 12.5. The molecule has 4 rings (SSSR count). The number of hydrogen-bond acceptors (Lipinski definition) is 1. The van der Waals surface area contributed by atoms with Gasteiger partial charge in [-0.3, -0.25) is 9.36 Å². The second kappa shape index (κ2) is 3.35. The van der Waals surface area contributed by atoms with Gasteiger partial charge in [-0.15, -0.1) is 0 Å². The van der Waals surface area contributed by atoms with Crippen LogP contribution in [0.3, 0.4) is 0 Å². The van der Waals surface area contributed by atoms with E-state index in [0.29, 0.717) is 0 Å². The number of benzene rings is 2. The van der Waals surface area contributed by atoms with Crippen LogP contribution >= 0.6 is 0 Å². The Morgan fingerprint density at radius 3 is 2.37 bits per heavy atom. The van der Waals surface area contributed by atoms with Gasteiger partial charge in [0.15, 0.2) is 0 Å². The Morgan fingerprint density at radius 2 is 1.58 bits per heavy atom. The fourth-order valence-corrected chi connectivity index (χ4v) is 2.90. The number of rotatable bonds is 0. The smallest absolute Gasteiger partial charge is 0.263 e. The molecule has 0 bridgehead atoms. The first-order valence-electron chi connectivity index (χ1n) is 6.43. The van der Waals surface area contributed by atoms with E-state index in [0.717, 1.165) is 27.7 Å². The summed E-state index contributed by atoms with van der Waals surface area (Å²) in [5, 5.41) is 1.14. The summed E-state index contributed by atoms with van der Waals surface area (Å²) >= 11 is 0. The summed E-state index contributed by atoms with van der Waals surface area (Å²) in [6.07, 6.45) is 0. The Hall–Kier alpha value is -2.35. The van der Waals surface area contributed by atoms with Gasteiger partial charge in [-0.05, 0) is 49.2 Å². The van der Waals surface area contributed by atoms with E-state index < -0.39 is 0 Å². The SMILES string of the molecule is Cc1cc2cc3n(c2cc1C)C(=O)c1ccccc1-3. The van der Waals surface area contributed by atoms with Crippen molar-refractivity contribution in [3.63, 3.8) is 0 Å². The molecule has 2 nitrogen and oxygen atoms in total. The molecule has 0 fully saturated rings. The molecule has 1 aromatic heterocycles. The van der Waals surface area contributed by atoms with E-state index in [1.165, 1.54) is 11.1 Å². The second-order valence-corrected chi connectivity index (χ2v) is 5.21. The predicted octanol–water partition coefficient (Wildman–Crippen LogP) is 3.93. The zero-order chi connectivity index (χ0) is 13.1. The van der Waals surface area contributed by atoms with Crippen LogP contribution in [0.25, 0.3) is 22.2 Å². The second-order valence-electron chi connectivity index (χ2n) is 5.21. The van der Waals surface area contributed by atoms with Crippen molar-refractivity contribution in [1.29, 1.82) is 0 Å². The summed E-state index contributed by atoms with van der Waals surface area (Å²) < 4.78 is 1.84. The molecule has 0 saturated heterocycles. The summed E-state index contributed by atoms with van der Waals surface area (Å²) in [6, 6.07) is 14.2. The van der Waals surface area contributed by atoms with Crippen LogP contribution in [0.4, 0.5) is 0 Å². The highest BCUT2D eigenvalue weighted by molar-refractivity contribution is 6.14. The number of carbonyl (C=O) groups excluding carboxylic acids is 1. The highest BCUT2D eigenvalue weighted by atomic mass is 16.2. The van der Waals surface area contributed by atoms with Crippen LogP contribution < -0.4 is 0 Å². The predicted molar refractivity (Wildman–Crippen MR) is 76.6 cm³/mol. The zero-order valence-corrected chi connectivity index (χ0v) is 10.9. The molecule has 2 heterocycles. The van der Waals surface area contributed by atoms with Gasteiger partial charge in [0.25, 0.3) is 5.91 Å². The molecule has 0 amide bonds. The van der Waals surface area contributed by atoms with Crippen LogP contribution in [-0.2, 0) is 0 Å². The largest absolute Gasteiger partial charge is 0.276 e. The van der Waals surface area contributed by atoms with Crippen LogP contribution in [0.5, 0.6) is 0 Å². The fraction of sp³-hybridized carbons (Fsp3) is 0.118. The molecule has 0 spiro atoms. The lowest BCUT2D eigenvalue weighted by Gasteiger charge is -2.03. The van der Waals surface area contributed by atoms with Crippen molar-refractivity contribution in [3.8, 4) is 11.3 Å². The van der Waals surface area contributed by atoms with Crippen LogP contribution in [-0.4, -0.2) is 10.5 Å². The lowest BCUT2D eigenvalue weighted by molar-refractivity contribution is 0.0973. The molecule has 0 saturated carbocycles. The molecule has 1 aliphatic heterocycles. The molecule has 3 aromatic rings. The molecular weight excluding hydrogens is 234 g/mol. The van der Waals surface area contributed by atoms with Gasteiger partial charge in [0.1, 0.15) is 0 Å². The van der Waals surface area contributed by atoms with Crippen molar-refractivity contribution in [2.24, 2.45) is 0 Å². The first kappa shape index (κ1) is 10.6. The van der Waals surface area contributed by atoms with Gasteiger partial charge in [0.05, 0.1) is 11.2 Å². The molecule has 92 valence electrons. The van der Waals surface area contributed by atoms with Gasteiger partial charge in [-0.2, -0.15) is 0 Å². The first-order valence-corrected chi connectivity index (χ1v) is 6.43. The fourth-order valence-electron chi connectivity index (χ4n) is 2.90. The van der Waals surface area contributed by atoms with Gasteiger partial charge >= 0.3 is 0 Å². The molecule has 0 unspecified atom stereocenters.